The van der Waals surface area contributed by atoms with Gasteiger partial charge in [-0.2, -0.15) is 0 Å². The predicted octanol–water partition coefficient (Wildman–Crippen LogP) is 3.97. The van der Waals surface area contributed by atoms with Gasteiger partial charge in [0.15, 0.2) is 0 Å². The van der Waals surface area contributed by atoms with Crippen molar-refractivity contribution < 1.29 is 19.7 Å². The second-order valence-electron chi connectivity index (χ2n) is 6.16. The molecule has 0 saturated heterocycles. The zero-order valence-corrected chi connectivity index (χ0v) is 14.4. The van der Waals surface area contributed by atoms with Gasteiger partial charge in [-0.15, -0.1) is 0 Å². The molecule has 0 aliphatic rings. The number of aliphatic hydroxyl groups excluding tert-OH is 2. The van der Waals surface area contributed by atoms with E-state index in [0.717, 1.165) is 12.8 Å². The number of esters is 1. The lowest BCUT2D eigenvalue weighted by molar-refractivity contribution is -0.147. The van der Waals surface area contributed by atoms with Crippen molar-refractivity contribution in [3.05, 3.63) is 0 Å². The lowest BCUT2D eigenvalue weighted by atomic mass is 10.0. The van der Waals surface area contributed by atoms with Gasteiger partial charge in [0.1, 0.15) is 12.7 Å². The summed E-state index contributed by atoms with van der Waals surface area (Å²) in [5.74, 6) is -0.278. The lowest BCUT2D eigenvalue weighted by Gasteiger charge is -2.08. The topological polar surface area (TPSA) is 66.8 Å². The molecular weight excluding hydrogens is 280 g/mol. The minimum atomic E-state index is -0.953. The average molecular weight is 316 g/mol. The molecule has 22 heavy (non-hydrogen) atoms. The summed E-state index contributed by atoms with van der Waals surface area (Å²) in [6, 6.07) is 0. The molecule has 0 aromatic carbocycles. The molecule has 0 amide bonds. The molecule has 0 aromatic rings. The van der Waals surface area contributed by atoms with Crippen LogP contribution in [-0.2, 0) is 9.53 Å². The Hall–Kier alpha value is -0.610. The minimum Gasteiger partial charge on any atom is -0.463 e. The Morgan fingerprint density at radius 2 is 1.32 bits per heavy atom. The third kappa shape index (κ3) is 15.8. The second-order valence-corrected chi connectivity index (χ2v) is 6.16. The molecule has 4 nitrogen and oxygen atoms in total. The first-order chi connectivity index (χ1) is 10.7. The Morgan fingerprint density at radius 3 is 1.77 bits per heavy atom. The van der Waals surface area contributed by atoms with Crippen LogP contribution in [0.3, 0.4) is 0 Å². The highest BCUT2D eigenvalue weighted by atomic mass is 16.5. The van der Waals surface area contributed by atoms with Gasteiger partial charge < -0.3 is 14.9 Å². The van der Waals surface area contributed by atoms with Gasteiger partial charge in [0.2, 0.25) is 0 Å². The first kappa shape index (κ1) is 21.4. The van der Waals surface area contributed by atoms with Crippen molar-refractivity contribution in [3.8, 4) is 0 Å². The number of rotatable bonds is 16. The standard InChI is InChI=1S/C18H36O4/c1-2-3-4-5-6-7-8-9-10-11-12-13-14-18(21)22-16-17(20)15-19/h17,19-20H,2-16H2,1H3/t17-/m1/s1. The van der Waals surface area contributed by atoms with Crippen molar-refractivity contribution >= 4 is 5.97 Å². The van der Waals surface area contributed by atoms with Gasteiger partial charge in [0, 0.05) is 6.42 Å². The first-order valence-electron chi connectivity index (χ1n) is 9.15. The van der Waals surface area contributed by atoms with E-state index in [9.17, 15) is 4.79 Å². The zero-order chi connectivity index (χ0) is 16.5. The lowest BCUT2D eigenvalue weighted by Crippen LogP contribution is -2.21. The van der Waals surface area contributed by atoms with Crippen LogP contribution >= 0.6 is 0 Å². The van der Waals surface area contributed by atoms with Crippen molar-refractivity contribution in [1.82, 2.24) is 0 Å². The molecule has 0 heterocycles. The summed E-state index contributed by atoms with van der Waals surface area (Å²) in [5, 5.41) is 17.6. The number of ether oxygens (including phenoxy) is 1. The normalized spacial score (nSPS) is 12.3. The van der Waals surface area contributed by atoms with Crippen LogP contribution in [0.2, 0.25) is 0 Å². The number of hydrogen-bond donors (Lipinski definition) is 2. The van der Waals surface area contributed by atoms with Gasteiger partial charge in [-0.05, 0) is 6.42 Å². The molecule has 0 radical (unpaired) electrons. The van der Waals surface area contributed by atoms with E-state index < -0.39 is 6.10 Å². The average Bonchev–Trinajstić information content (AvgIpc) is 2.53. The Bertz CT molecular complexity index is 243. The van der Waals surface area contributed by atoms with Crippen molar-refractivity contribution in [2.45, 2.75) is 96.5 Å². The summed E-state index contributed by atoms with van der Waals surface area (Å²) in [7, 11) is 0. The molecule has 132 valence electrons. The quantitative estimate of drug-likeness (QED) is 0.334. The summed E-state index contributed by atoms with van der Waals surface area (Å²) in [5.41, 5.74) is 0. The van der Waals surface area contributed by atoms with Crippen LogP contribution in [0.25, 0.3) is 0 Å². The number of unbranched alkanes of at least 4 members (excludes halogenated alkanes) is 11. The van der Waals surface area contributed by atoms with E-state index in [1.807, 2.05) is 0 Å². The maximum absolute atomic E-state index is 11.3. The van der Waals surface area contributed by atoms with Gasteiger partial charge in [-0.1, -0.05) is 77.6 Å². The van der Waals surface area contributed by atoms with Gasteiger partial charge >= 0.3 is 5.97 Å². The summed E-state index contributed by atoms with van der Waals surface area (Å²) in [4.78, 5) is 11.3. The molecule has 0 aromatic heterocycles. The van der Waals surface area contributed by atoms with Crippen LogP contribution in [0.15, 0.2) is 0 Å². The van der Waals surface area contributed by atoms with Gasteiger partial charge in [0.25, 0.3) is 0 Å². The fraction of sp³-hybridized carbons (Fsp3) is 0.944. The third-order valence-electron chi connectivity index (χ3n) is 3.88. The Kier molecular flexibility index (Phi) is 16.3. The van der Waals surface area contributed by atoms with Gasteiger partial charge in [0.05, 0.1) is 6.61 Å². The minimum absolute atomic E-state index is 0.104. The molecule has 0 saturated carbocycles. The van der Waals surface area contributed by atoms with E-state index in [-0.39, 0.29) is 19.2 Å². The van der Waals surface area contributed by atoms with E-state index in [1.54, 1.807) is 0 Å². The van der Waals surface area contributed by atoms with Crippen LogP contribution in [0.1, 0.15) is 90.4 Å². The molecule has 4 heteroatoms. The summed E-state index contributed by atoms with van der Waals surface area (Å²) < 4.78 is 4.85. The number of aliphatic hydroxyl groups is 2. The summed E-state index contributed by atoms with van der Waals surface area (Å²) >= 11 is 0. The van der Waals surface area contributed by atoms with Crippen LogP contribution in [0, 0.1) is 0 Å². The van der Waals surface area contributed by atoms with Crippen molar-refractivity contribution in [2.75, 3.05) is 13.2 Å². The smallest absolute Gasteiger partial charge is 0.305 e. The highest BCUT2D eigenvalue weighted by Gasteiger charge is 2.07. The number of carbonyl (C=O) groups excluding carboxylic acids is 1. The number of hydrogen-bond acceptors (Lipinski definition) is 4. The maximum Gasteiger partial charge on any atom is 0.305 e. The Balaban J connectivity index is 3.15. The van der Waals surface area contributed by atoms with Crippen LogP contribution in [0.4, 0.5) is 0 Å². The molecule has 0 fully saturated rings. The van der Waals surface area contributed by atoms with E-state index in [1.165, 1.54) is 64.2 Å². The van der Waals surface area contributed by atoms with Gasteiger partial charge in [-0.3, -0.25) is 4.79 Å². The van der Waals surface area contributed by atoms with Gasteiger partial charge in [-0.25, -0.2) is 0 Å². The second kappa shape index (κ2) is 16.8. The molecule has 0 aliphatic carbocycles. The van der Waals surface area contributed by atoms with E-state index in [4.69, 9.17) is 14.9 Å². The SMILES string of the molecule is CCCCCCCCCCCCCCC(=O)OC[C@H](O)CO. The highest BCUT2D eigenvalue weighted by molar-refractivity contribution is 5.69. The molecule has 0 spiro atoms. The largest absolute Gasteiger partial charge is 0.463 e. The third-order valence-corrected chi connectivity index (χ3v) is 3.88. The Morgan fingerprint density at radius 1 is 0.864 bits per heavy atom. The van der Waals surface area contributed by atoms with Crippen molar-refractivity contribution in [2.24, 2.45) is 0 Å². The fourth-order valence-corrected chi connectivity index (χ4v) is 2.42. The Labute approximate surface area is 136 Å². The predicted molar refractivity (Wildman–Crippen MR) is 89.7 cm³/mol. The monoisotopic (exact) mass is 316 g/mol. The maximum atomic E-state index is 11.3. The molecule has 1 atom stereocenters. The molecular formula is C18H36O4. The first-order valence-corrected chi connectivity index (χ1v) is 9.15. The molecule has 0 unspecified atom stereocenters. The van der Waals surface area contributed by atoms with Crippen molar-refractivity contribution in [1.29, 1.82) is 0 Å². The van der Waals surface area contributed by atoms with Crippen LogP contribution in [0.5, 0.6) is 0 Å². The van der Waals surface area contributed by atoms with Crippen LogP contribution < -0.4 is 0 Å². The van der Waals surface area contributed by atoms with E-state index >= 15 is 0 Å². The molecule has 0 bridgehead atoms. The zero-order valence-electron chi connectivity index (χ0n) is 14.4. The summed E-state index contributed by atoms with van der Waals surface area (Å²) in [6.45, 7) is 1.78. The van der Waals surface area contributed by atoms with E-state index in [2.05, 4.69) is 6.92 Å². The molecule has 0 rings (SSSR count). The highest BCUT2D eigenvalue weighted by Crippen LogP contribution is 2.12. The van der Waals surface area contributed by atoms with Crippen molar-refractivity contribution in [3.63, 3.8) is 0 Å². The fourth-order valence-electron chi connectivity index (χ4n) is 2.42. The number of carbonyl (C=O) groups is 1. The summed E-state index contributed by atoms with van der Waals surface area (Å²) in [6.07, 6.45) is 14.7. The van der Waals surface area contributed by atoms with E-state index in [0.29, 0.717) is 6.42 Å². The molecule has 0 aliphatic heterocycles. The van der Waals surface area contributed by atoms with Crippen LogP contribution in [-0.4, -0.2) is 35.5 Å². The molecule has 2 N–H and O–H groups in total.